The molecule has 2 fully saturated rings. The van der Waals surface area contributed by atoms with Gasteiger partial charge in [0.25, 0.3) is 0 Å². The molecule has 0 radical (unpaired) electrons. The summed E-state index contributed by atoms with van der Waals surface area (Å²) in [5.41, 5.74) is 3.33. The second-order valence-corrected chi connectivity index (χ2v) is 8.82. The third kappa shape index (κ3) is 6.29. The Morgan fingerprint density at radius 3 is 2.54 bits per heavy atom. The number of hydrogen-bond acceptors (Lipinski definition) is 7. The van der Waals surface area contributed by atoms with Gasteiger partial charge in [-0.25, -0.2) is 0 Å². The lowest BCUT2D eigenvalue weighted by molar-refractivity contribution is -0.118. The SMILES string of the molecule is O=C(CN1CCOCC1)Nc1cc(C(=O)Cc2cnc(-c3ccccc3)cn2)ccc1OC1CC1. The summed E-state index contributed by atoms with van der Waals surface area (Å²) in [6.07, 6.45) is 5.60. The molecule has 0 atom stereocenters. The Kier molecular flexibility index (Phi) is 7.11. The van der Waals surface area contributed by atoms with Gasteiger partial charge in [-0.15, -0.1) is 0 Å². The first kappa shape index (κ1) is 23.1. The molecule has 8 nitrogen and oxygen atoms in total. The topological polar surface area (TPSA) is 93.7 Å². The van der Waals surface area contributed by atoms with E-state index in [1.54, 1.807) is 30.6 Å². The highest BCUT2D eigenvalue weighted by Crippen LogP contribution is 2.33. The van der Waals surface area contributed by atoms with Crippen LogP contribution in [0.2, 0.25) is 0 Å². The van der Waals surface area contributed by atoms with Crippen molar-refractivity contribution in [3.05, 3.63) is 72.2 Å². The summed E-state index contributed by atoms with van der Waals surface area (Å²) in [6, 6.07) is 15.0. The fourth-order valence-corrected chi connectivity index (χ4v) is 3.89. The molecule has 1 aliphatic heterocycles. The first-order valence-electron chi connectivity index (χ1n) is 11.9. The number of nitrogens with zero attached hydrogens (tertiary/aromatic N) is 3. The van der Waals surface area contributed by atoms with Crippen LogP contribution in [-0.2, 0) is 16.0 Å². The molecule has 2 aromatic carbocycles. The van der Waals surface area contributed by atoms with Crippen molar-refractivity contribution in [2.24, 2.45) is 0 Å². The zero-order valence-corrected chi connectivity index (χ0v) is 19.5. The highest BCUT2D eigenvalue weighted by atomic mass is 16.5. The number of ketones is 1. The monoisotopic (exact) mass is 472 g/mol. The number of Topliss-reactive ketones (excluding diaryl/α,β-unsaturated/α-hetero) is 1. The number of rotatable bonds is 9. The van der Waals surface area contributed by atoms with Crippen LogP contribution in [0.15, 0.2) is 60.9 Å². The normalized spacial score (nSPS) is 16.0. The minimum Gasteiger partial charge on any atom is -0.488 e. The lowest BCUT2D eigenvalue weighted by atomic mass is 10.1. The quantitative estimate of drug-likeness (QED) is 0.477. The summed E-state index contributed by atoms with van der Waals surface area (Å²) in [6.45, 7) is 2.97. The van der Waals surface area contributed by atoms with Crippen LogP contribution in [0.4, 0.5) is 5.69 Å². The molecule has 1 saturated heterocycles. The van der Waals surface area contributed by atoms with E-state index in [2.05, 4.69) is 15.3 Å². The molecule has 1 amide bonds. The van der Waals surface area contributed by atoms with Gasteiger partial charge in [0.05, 0.1) is 55.6 Å². The van der Waals surface area contributed by atoms with Crippen molar-refractivity contribution in [3.63, 3.8) is 0 Å². The maximum atomic E-state index is 13.0. The van der Waals surface area contributed by atoms with Gasteiger partial charge in [0.1, 0.15) is 5.75 Å². The molecule has 1 N–H and O–H groups in total. The third-order valence-electron chi connectivity index (χ3n) is 5.98. The van der Waals surface area contributed by atoms with Gasteiger partial charge in [0.2, 0.25) is 5.91 Å². The van der Waals surface area contributed by atoms with Gasteiger partial charge in [0.15, 0.2) is 5.78 Å². The van der Waals surface area contributed by atoms with Crippen LogP contribution in [-0.4, -0.2) is 65.5 Å². The average Bonchev–Trinajstić information content (AvgIpc) is 3.71. The van der Waals surface area contributed by atoms with Crippen LogP contribution in [0.1, 0.15) is 28.9 Å². The van der Waals surface area contributed by atoms with E-state index >= 15 is 0 Å². The first-order valence-corrected chi connectivity index (χ1v) is 11.9. The van der Waals surface area contributed by atoms with Gasteiger partial charge in [-0.2, -0.15) is 0 Å². The van der Waals surface area contributed by atoms with E-state index in [1.165, 1.54) is 0 Å². The third-order valence-corrected chi connectivity index (χ3v) is 5.98. The highest BCUT2D eigenvalue weighted by Gasteiger charge is 2.25. The van der Waals surface area contributed by atoms with Crippen LogP contribution >= 0.6 is 0 Å². The summed E-state index contributed by atoms with van der Waals surface area (Å²) in [4.78, 5) is 36.7. The minimum absolute atomic E-state index is 0.103. The fourth-order valence-electron chi connectivity index (χ4n) is 3.89. The molecule has 1 aliphatic carbocycles. The average molecular weight is 473 g/mol. The van der Waals surface area contributed by atoms with Crippen molar-refractivity contribution < 1.29 is 19.1 Å². The number of benzene rings is 2. The maximum absolute atomic E-state index is 13.0. The van der Waals surface area contributed by atoms with Crippen molar-refractivity contribution in [2.45, 2.75) is 25.4 Å². The van der Waals surface area contributed by atoms with E-state index in [0.29, 0.717) is 35.9 Å². The Morgan fingerprint density at radius 2 is 1.83 bits per heavy atom. The highest BCUT2D eigenvalue weighted by molar-refractivity contribution is 6.00. The van der Waals surface area contributed by atoms with Gasteiger partial charge in [-0.05, 0) is 31.0 Å². The zero-order valence-electron chi connectivity index (χ0n) is 19.5. The Balaban J connectivity index is 1.27. The lowest BCUT2D eigenvalue weighted by Crippen LogP contribution is -2.41. The van der Waals surface area contributed by atoms with Crippen LogP contribution in [0, 0.1) is 0 Å². The molecule has 5 rings (SSSR count). The number of hydrogen-bond donors (Lipinski definition) is 1. The Bertz CT molecular complexity index is 1170. The molecular weight excluding hydrogens is 444 g/mol. The summed E-state index contributed by atoms with van der Waals surface area (Å²) in [5.74, 6) is 0.347. The molecule has 2 aliphatic rings. The van der Waals surface area contributed by atoms with E-state index < -0.39 is 0 Å². The summed E-state index contributed by atoms with van der Waals surface area (Å²) >= 11 is 0. The second-order valence-electron chi connectivity index (χ2n) is 8.82. The van der Waals surface area contributed by atoms with E-state index in [0.717, 1.165) is 37.2 Å². The number of morpholine rings is 1. The van der Waals surface area contributed by atoms with Gasteiger partial charge >= 0.3 is 0 Å². The van der Waals surface area contributed by atoms with Crippen molar-refractivity contribution in [1.82, 2.24) is 14.9 Å². The van der Waals surface area contributed by atoms with Crippen LogP contribution in [0.25, 0.3) is 11.3 Å². The lowest BCUT2D eigenvalue weighted by Gasteiger charge is -2.26. The summed E-state index contributed by atoms with van der Waals surface area (Å²) in [5, 5.41) is 2.95. The van der Waals surface area contributed by atoms with Gasteiger partial charge in [0, 0.05) is 30.4 Å². The molecule has 1 saturated carbocycles. The smallest absolute Gasteiger partial charge is 0.238 e. The van der Waals surface area contributed by atoms with Crippen LogP contribution in [0.3, 0.4) is 0 Å². The molecular formula is C27H28N4O4. The van der Waals surface area contributed by atoms with Gasteiger partial charge in [-0.1, -0.05) is 30.3 Å². The number of nitrogens with one attached hydrogen (secondary N) is 1. The number of carbonyl (C=O) groups excluding carboxylic acids is 2. The number of ether oxygens (including phenoxy) is 2. The Labute approximate surface area is 204 Å². The van der Waals surface area contributed by atoms with Gasteiger partial charge < -0.3 is 14.8 Å². The Morgan fingerprint density at radius 1 is 1.03 bits per heavy atom. The number of anilines is 1. The predicted molar refractivity (Wildman–Crippen MR) is 131 cm³/mol. The van der Waals surface area contributed by atoms with Crippen molar-refractivity contribution in [2.75, 3.05) is 38.2 Å². The predicted octanol–water partition coefficient (Wildman–Crippen LogP) is 3.38. The molecule has 35 heavy (non-hydrogen) atoms. The maximum Gasteiger partial charge on any atom is 0.238 e. The zero-order chi connectivity index (χ0) is 24.0. The summed E-state index contributed by atoms with van der Waals surface area (Å²) < 4.78 is 11.3. The van der Waals surface area contributed by atoms with Crippen molar-refractivity contribution in [1.29, 1.82) is 0 Å². The van der Waals surface area contributed by atoms with Crippen molar-refractivity contribution in [3.8, 4) is 17.0 Å². The van der Waals surface area contributed by atoms with E-state index in [9.17, 15) is 9.59 Å². The van der Waals surface area contributed by atoms with E-state index in [4.69, 9.17) is 9.47 Å². The number of carbonyl (C=O) groups is 2. The molecule has 180 valence electrons. The summed E-state index contributed by atoms with van der Waals surface area (Å²) in [7, 11) is 0. The number of aromatic nitrogens is 2. The van der Waals surface area contributed by atoms with Crippen molar-refractivity contribution >= 4 is 17.4 Å². The molecule has 0 spiro atoms. The Hall–Kier alpha value is -3.62. The van der Waals surface area contributed by atoms with E-state index in [1.807, 2.05) is 35.2 Å². The molecule has 0 bridgehead atoms. The molecule has 0 unspecified atom stereocenters. The molecule has 1 aromatic heterocycles. The molecule has 2 heterocycles. The van der Waals surface area contributed by atoms with Crippen LogP contribution in [0.5, 0.6) is 5.75 Å². The van der Waals surface area contributed by atoms with Crippen LogP contribution < -0.4 is 10.1 Å². The molecule has 3 aromatic rings. The minimum atomic E-state index is -0.139. The fraction of sp³-hybridized carbons (Fsp3) is 0.333. The van der Waals surface area contributed by atoms with E-state index in [-0.39, 0.29) is 30.8 Å². The largest absolute Gasteiger partial charge is 0.488 e. The molecule has 8 heteroatoms. The van der Waals surface area contributed by atoms with Gasteiger partial charge in [-0.3, -0.25) is 24.5 Å². The number of amides is 1. The standard InChI is InChI=1S/C27H28N4O4/c32-25(15-21-16-29-24(17-28-21)19-4-2-1-3-5-19)20-6-9-26(35-22-7-8-22)23(14-20)30-27(33)18-31-10-12-34-13-11-31/h1-6,9,14,16-17,22H,7-8,10-13,15,18H2,(H,30,33). The second kappa shape index (κ2) is 10.8. The first-order chi connectivity index (χ1) is 17.1.